The number of esters is 1. The van der Waals surface area contributed by atoms with Crippen molar-refractivity contribution in [1.82, 2.24) is 4.98 Å². The lowest BCUT2D eigenvalue weighted by Gasteiger charge is -2.06. The van der Waals surface area contributed by atoms with Crippen LogP contribution in [0.4, 0.5) is 0 Å². The summed E-state index contributed by atoms with van der Waals surface area (Å²) in [6.07, 6.45) is 1.21. The van der Waals surface area contributed by atoms with Gasteiger partial charge in [0.15, 0.2) is 0 Å². The second-order valence-corrected chi connectivity index (χ2v) is 3.61. The number of nitrogens with zero attached hydrogens (tertiary/aromatic N) is 1. The van der Waals surface area contributed by atoms with Gasteiger partial charge in [0, 0.05) is 10.4 Å². The van der Waals surface area contributed by atoms with Crippen molar-refractivity contribution in [2.45, 2.75) is 0 Å². The van der Waals surface area contributed by atoms with Gasteiger partial charge in [-0.25, -0.2) is 4.79 Å². The number of halogens is 1. The van der Waals surface area contributed by atoms with Gasteiger partial charge in [0.25, 0.3) is 0 Å². The highest BCUT2D eigenvalue weighted by Crippen LogP contribution is 2.27. The standard InChI is InChI=1S/C11H8ClNO3/c1-16-11(15)10-7-4-6(12)2-3-8(7)13-5-9(10)14/h2-5,14H,1H3. The molecule has 4 nitrogen and oxygen atoms in total. The number of carbonyl (C=O) groups is 1. The molecule has 0 radical (unpaired) electrons. The van der Waals surface area contributed by atoms with Crippen LogP contribution in [0.3, 0.4) is 0 Å². The van der Waals surface area contributed by atoms with Crippen LogP contribution in [0.1, 0.15) is 10.4 Å². The molecule has 0 aliphatic rings. The quantitative estimate of drug-likeness (QED) is 0.774. The van der Waals surface area contributed by atoms with E-state index in [4.69, 9.17) is 11.6 Å². The second kappa shape index (κ2) is 3.98. The van der Waals surface area contributed by atoms with Crippen molar-refractivity contribution >= 4 is 28.5 Å². The molecule has 82 valence electrons. The monoisotopic (exact) mass is 237 g/mol. The van der Waals surface area contributed by atoms with Gasteiger partial charge in [-0.15, -0.1) is 0 Å². The molecule has 5 heteroatoms. The van der Waals surface area contributed by atoms with Crippen molar-refractivity contribution in [1.29, 1.82) is 0 Å². The van der Waals surface area contributed by atoms with Gasteiger partial charge < -0.3 is 9.84 Å². The Hall–Kier alpha value is -1.81. The van der Waals surface area contributed by atoms with E-state index in [-0.39, 0.29) is 11.3 Å². The Kier molecular flexibility index (Phi) is 2.66. The number of methoxy groups -OCH3 is 1. The highest BCUT2D eigenvalue weighted by Gasteiger charge is 2.16. The molecule has 1 N–H and O–H groups in total. The highest BCUT2D eigenvalue weighted by molar-refractivity contribution is 6.31. The Morgan fingerprint density at radius 1 is 1.50 bits per heavy atom. The second-order valence-electron chi connectivity index (χ2n) is 3.17. The SMILES string of the molecule is COC(=O)c1c(O)cnc2ccc(Cl)cc12. The third-order valence-electron chi connectivity index (χ3n) is 2.20. The van der Waals surface area contributed by atoms with E-state index in [1.807, 2.05) is 0 Å². The van der Waals surface area contributed by atoms with Crippen molar-refractivity contribution in [2.24, 2.45) is 0 Å². The molecule has 0 saturated heterocycles. The number of fused-ring (bicyclic) bond motifs is 1. The molecule has 1 heterocycles. The molecule has 0 bridgehead atoms. The topological polar surface area (TPSA) is 59.4 Å². The van der Waals surface area contributed by atoms with Crippen LogP contribution in [0.15, 0.2) is 24.4 Å². The molecule has 1 aromatic carbocycles. The maximum absolute atomic E-state index is 11.5. The Morgan fingerprint density at radius 3 is 2.94 bits per heavy atom. The fourth-order valence-corrected chi connectivity index (χ4v) is 1.64. The summed E-state index contributed by atoms with van der Waals surface area (Å²) in [5.74, 6) is -0.839. The summed E-state index contributed by atoms with van der Waals surface area (Å²) >= 11 is 5.83. The maximum atomic E-state index is 11.5. The first-order chi connectivity index (χ1) is 7.63. The molecule has 2 aromatic rings. The van der Waals surface area contributed by atoms with Crippen LogP contribution in [0, 0.1) is 0 Å². The molecule has 0 fully saturated rings. The van der Waals surface area contributed by atoms with E-state index in [1.54, 1.807) is 18.2 Å². The van der Waals surface area contributed by atoms with Crippen molar-refractivity contribution in [3.63, 3.8) is 0 Å². The van der Waals surface area contributed by atoms with Crippen molar-refractivity contribution < 1.29 is 14.6 Å². The predicted octanol–water partition coefficient (Wildman–Crippen LogP) is 2.38. The molecule has 2 rings (SSSR count). The van der Waals surface area contributed by atoms with E-state index in [2.05, 4.69) is 9.72 Å². The van der Waals surface area contributed by atoms with Gasteiger partial charge in [-0.05, 0) is 18.2 Å². The fraction of sp³-hybridized carbons (Fsp3) is 0.0909. The molecule has 0 spiro atoms. The number of hydrogen-bond donors (Lipinski definition) is 1. The number of pyridine rings is 1. The number of ether oxygens (including phenoxy) is 1. The van der Waals surface area contributed by atoms with Crippen LogP contribution in [-0.4, -0.2) is 23.2 Å². The predicted molar refractivity (Wildman–Crippen MR) is 59.8 cm³/mol. The minimum absolute atomic E-state index is 0.0787. The molecule has 0 aliphatic heterocycles. The lowest BCUT2D eigenvalue weighted by Crippen LogP contribution is -2.03. The van der Waals surface area contributed by atoms with Crippen LogP contribution < -0.4 is 0 Å². The zero-order valence-electron chi connectivity index (χ0n) is 8.40. The van der Waals surface area contributed by atoms with Crippen LogP contribution in [0.25, 0.3) is 10.9 Å². The fourth-order valence-electron chi connectivity index (χ4n) is 1.47. The maximum Gasteiger partial charge on any atom is 0.342 e. The molecule has 0 aliphatic carbocycles. The van der Waals surface area contributed by atoms with Crippen molar-refractivity contribution in [3.05, 3.63) is 35.0 Å². The molecular weight excluding hydrogens is 230 g/mol. The number of aromatic hydroxyl groups is 1. The van der Waals surface area contributed by atoms with Gasteiger partial charge in [0.2, 0.25) is 0 Å². The zero-order chi connectivity index (χ0) is 11.7. The number of rotatable bonds is 1. The van der Waals surface area contributed by atoms with E-state index in [0.29, 0.717) is 15.9 Å². The number of aromatic nitrogens is 1. The largest absolute Gasteiger partial charge is 0.505 e. The lowest BCUT2D eigenvalue weighted by molar-refractivity contribution is 0.0599. The summed E-state index contributed by atoms with van der Waals surface area (Å²) < 4.78 is 4.60. The van der Waals surface area contributed by atoms with Crippen molar-refractivity contribution in [2.75, 3.05) is 7.11 Å². The Morgan fingerprint density at radius 2 is 2.25 bits per heavy atom. The van der Waals surface area contributed by atoms with Crippen LogP contribution >= 0.6 is 11.6 Å². The number of hydrogen-bond acceptors (Lipinski definition) is 4. The number of benzene rings is 1. The van der Waals surface area contributed by atoms with Gasteiger partial charge in [-0.3, -0.25) is 4.98 Å². The summed E-state index contributed by atoms with van der Waals surface area (Å²) in [5.41, 5.74) is 0.651. The van der Waals surface area contributed by atoms with E-state index < -0.39 is 5.97 Å². The zero-order valence-corrected chi connectivity index (χ0v) is 9.15. The lowest BCUT2D eigenvalue weighted by atomic mass is 10.1. The van der Waals surface area contributed by atoms with Gasteiger partial charge >= 0.3 is 5.97 Å². The molecule has 0 unspecified atom stereocenters. The van der Waals surface area contributed by atoms with Crippen LogP contribution in [0.5, 0.6) is 5.75 Å². The summed E-state index contributed by atoms with van der Waals surface area (Å²) in [5, 5.41) is 10.5. The molecular formula is C11H8ClNO3. The van der Waals surface area contributed by atoms with Crippen LogP contribution in [0.2, 0.25) is 5.02 Å². The van der Waals surface area contributed by atoms with Gasteiger partial charge in [0.1, 0.15) is 11.3 Å². The first kappa shape index (κ1) is 10.7. The summed E-state index contributed by atoms with van der Waals surface area (Å²) in [6.45, 7) is 0. The Balaban J connectivity index is 2.82. The average molecular weight is 238 g/mol. The van der Waals surface area contributed by atoms with Gasteiger partial charge in [-0.1, -0.05) is 11.6 Å². The van der Waals surface area contributed by atoms with E-state index in [9.17, 15) is 9.90 Å². The molecule has 1 aromatic heterocycles. The molecule has 16 heavy (non-hydrogen) atoms. The average Bonchev–Trinajstić information content (AvgIpc) is 2.28. The minimum Gasteiger partial charge on any atom is -0.505 e. The normalized spacial score (nSPS) is 10.4. The number of carbonyl (C=O) groups excluding carboxylic acids is 1. The van der Waals surface area contributed by atoms with Gasteiger partial charge in [-0.2, -0.15) is 0 Å². The van der Waals surface area contributed by atoms with Gasteiger partial charge in [0.05, 0.1) is 18.8 Å². The van der Waals surface area contributed by atoms with E-state index in [1.165, 1.54) is 13.3 Å². The minimum atomic E-state index is -0.618. The first-order valence-electron chi connectivity index (χ1n) is 4.49. The highest BCUT2D eigenvalue weighted by atomic mass is 35.5. The smallest absolute Gasteiger partial charge is 0.342 e. The van der Waals surface area contributed by atoms with Crippen LogP contribution in [-0.2, 0) is 4.74 Å². The Labute approximate surface area is 96.4 Å². The third kappa shape index (κ3) is 1.67. The first-order valence-corrected chi connectivity index (χ1v) is 4.87. The summed E-state index contributed by atoms with van der Waals surface area (Å²) in [4.78, 5) is 15.5. The summed E-state index contributed by atoms with van der Waals surface area (Å²) in [7, 11) is 1.25. The summed E-state index contributed by atoms with van der Waals surface area (Å²) in [6, 6.07) is 4.90. The Bertz CT molecular complexity index is 563. The van der Waals surface area contributed by atoms with Crippen molar-refractivity contribution in [3.8, 4) is 5.75 Å². The molecule has 0 atom stereocenters. The molecule has 0 amide bonds. The molecule has 0 saturated carbocycles. The van der Waals surface area contributed by atoms with E-state index >= 15 is 0 Å². The van der Waals surface area contributed by atoms with E-state index in [0.717, 1.165) is 0 Å². The third-order valence-corrected chi connectivity index (χ3v) is 2.43.